The fraction of sp³-hybridized carbons (Fsp3) is 0. The molecule has 6 aromatic rings. The van der Waals surface area contributed by atoms with Crippen LogP contribution in [0.2, 0.25) is 0 Å². The van der Waals surface area contributed by atoms with Crippen LogP contribution in [0.25, 0.3) is 44.6 Å². The number of imidazole rings is 1. The smallest absolute Gasteiger partial charge is 0.193 e. The maximum absolute atomic E-state index is 12.9. The van der Waals surface area contributed by atoms with Gasteiger partial charge in [0.25, 0.3) is 0 Å². The summed E-state index contributed by atoms with van der Waals surface area (Å²) in [6.45, 7) is 0. The lowest BCUT2D eigenvalue weighted by molar-refractivity contribution is 0.103. The van der Waals surface area contributed by atoms with Crippen LogP contribution < -0.4 is 0 Å². The molecule has 0 atom stereocenters. The quantitative estimate of drug-likeness (QED) is 0.321. The fourth-order valence-electron chi connectivity index (χ4n) is 4.16. The molecule has 4 nitrogen and oxygen atoms in total. The fourth-order valence-corrected chi connectivity index (χ4v) is 4.16. The largest absolute Gasteiger partial charge is 0.338 e. The van der Waals surface area contributed by atoms with Crippen molar-refractivity contribution < 1.29 is 4.79 Å². The molecule has 0 aliphatic carbocycles. The lowest BCUT2D eigenvalue weighted by Gasteiger charge is -2.08. The molecule has 2 aromatic heterocycles. The summed E-state index contributed by atoms with van der Waals surface area (Å²) in [6, 6.07) is 35.2. The Morgan fingerprint density at radius 2 is 1.36 bits per heavy atom. The molecule has 0 fully saturated rings. The molecule has 0 unspecified atom stereocenters. The van der Waals surface area contributed by atoms with Crippen LogP contribution in [0.4, 0.5) is 0 Å². The predicted molar refractivity (Wildman–Crippen MR) is 132 cm³/mol. The standard InChI is InChI=1S/C29H19N3O/c33-28(20-11-5-2-6-12-20)21-15-16-25-27(17-21)32-29(31-25)23-18-26(19-9-3-1-4-10-19)30-24-14-8-7-13-22(23)24/h1-18H,(H,31,32). The summed E-state index contributed by atoms with van der Waals surface area (Å²) >= 11 is 0. The summed E-state index contributed by atoms with van der Waals surface area (Å²) in [5.41, 5.74) is 6.78. The van der Waals surface area contributed by atoms with Gasteiger partial charge in [0.1, 0.15) is 5.82 Å². The Bertz CT molecular complexity index is 1620. The van der Waals surface area contributed by atoms with Crippen molar-refractivity contribution in [3.8, 4) is 22.6 Å². The number of carbonyl (C=O) groups excluding carboxylic acids is 1. The van der Waals surface area contributed by atoms with Crippen molar-refractivity contribution in [3.63, 3.8) is 0 Å². The van der Waals surface area contributed by atoms with E-state index in [9.17, 15) is 4.79 Å². The van der Waals surface area contributed by atoms with E-state index in [1.807, 2.05) is 84.9 Å². The minimum Gasteiger partial charge on any atom is -0.338 e. The number of nitrogens with one attached hydrogen (secondary N) is 1. The molecular weight excluding hydrogens is 406 g/mol. The highest BCUT2D eigenvalue weighted by atomic mass is 16.1. The summed E-state index contributed by atoms with van der Waals surface area (Å²) < 4.78 is 0. The SMILES string of the molecule is O=C(c1ccccc1)c1ccc2nc(-c3cc(-c4ccccc4)nc4ccccc34)[nH]c2c1. The number of fused-ring (bicyclic) bond motifs is 2. The summed E-state index contributed by atoms with van der Waals surface area (Å²) in [4.78, 5) is 26.1. The number of carbonyl (C=O) groups is 1. The van der Waals surface area contributed by atoms with Gasteiger partial charge in [-0.15, -0.1) is 0 Å². The number of aromatic amines is 1. The van der Waals surface area contributed by atoms with Crippen LogP contribution in [-0.2, 0) is 0 Å². The van der Waals surface area contributed by atoms with Gasteiger partial charge in [0.15, 0.2) is 5.78 Å². The van der Waals surface area contributed by atoms with E-state index >= 15 is 0 Å². The van der Waals surface area contributed by atoms with Crippen molar-refractivity contribution in [1.82, 2.24) is 15.0 Å². The summed E-state index contributed by atoms with van der Waals surface area (Å²) in [5, 5.41) is 1.02. The maximum Gasteiger partial charge on any atom is 0.193 e. The van der Waals surface area contributed by atoms with Crippen molar-refractivity contribution in [2.24, 2.45) is 0 Å². The van der Waals surface area contributed by atoms with Crippen molar-refractivity contribution in [2.45, 2.75) is 0 Å². The number of hydrogen-bond acceptors (Lipinski definition) is 3. The Labute approximate surface area is 190 Å². The van der Waals surface area contributed by atoms with Crippen LogP contribution in [0.15, 0.2) is 109 Å². The van der Waals surface area contributed by atoms with Gasteiger partial charge in [0.05, 0.1) is 22.2 Å². The van der Waals surface area contributed by atoms with Crippen LogP contribution in [0.5, 0.6) is 0 Å². The molecule has 0 aliphatic rings. The first-order valence-electron chi connectivity index (χ1n) is 10.8. The van der Waals surface area contributed by atoms with Crippen molar-refractivity contribution in [2.75, 3.05) is 0 Å². The van der Waals surface area contributed by atoms with E-state index in [1.54, 1.807) is 0 Å². The molecule has 0 saturated carbocycles. The Kier molecular flexibility index (Phi) is 4.55. The van der Waals surface area contributed by atoms with Gasteiger partial charge < -0.3 is 4.98 Å². The molecule has 156 valence electrons. The van der Waals surface area contributed by atoms with Crippen molar-refractivity contribution >= 4 is 27.7 Å². The van der Waals surface area contributed by atoms with Gasteiger partial charge >= 0.3 is 0 Å². The highest BCUT2D eigenvalue weighted by Gasteiger charge is 2.15. The van der Waals surface area contributed by atoms with E-state index in [2.05, 4.69) is 29.2 Å². The highest BCUT2D eigenvalue weighted by molar-refractivity contribution is 6.10. The number of rotatable bonds is 4. The third-order valence-corrected chi connectivity index (χ3v) is 5.82. The van der Waals surface area contributed by atoms with Gasteiger partial charge in [-0.05, 0) is 30.3 Å². The van der Waals surface area contributed by atoms with E-state index in [-0.39, 0.29) is 5.78 Å². The maximum atomic E-state index is 12.9. The number of nitrogens with zero attached hydrogens (tertiary/aromatic N) is 2. The number of ketones is 1. The second-order valence-electron chi connectivity index (χ2n) is 7.95. The van der Waals surface area contributed by atoms with E-state index in [0.717, 1.165) is 44.6 Å². The second-order valence-corrected chi connectivity index (χ2v) is 7.95. The van der Waals surface area contributed by atoms with E-state index in [4.69, 9.17) is 9.97 Å². The molecule has 0 aliphatic heterocycles. The molecule has 0 spiro atoms. The van der Waals surface area contributed by atoms with Crippen LogP contribution in [0.1, 0.15) is 15.9 Å². The molecule has 0 bridgehead atoms. The average molecular weight is 425 g/mol. The summed E-state index contributed by atoms with van der Waals surface area (Å²) in [7, 11) is 0. The van der Waals surface area contributed by atoms with Gasteiger partial charge in [0.2, 0.25) is 0 Å². The minimum atomic E-state index is -0.00521. The van der Waals surface area contributed by atoms with Crippen LogP contribution in [0.3, 0.4) is 0 Å². The summed E-state index contributed by atoms with van der Waals surface area (Å²) in [6.07, 6.45) is 0. The molecule has 33 heavy (non-hydrogen) atoms. The number of hydrogen-bond donors (Lipinski definition) is 1. The number of benzene rings is 4. The van der Waals surface area contributed by atoms with Gasteiger partial charge in [-0.1, -0.05) is 78.9 Å². The first-order valence-corrected chi connectivity index (χ1v) is 10.8. The lowest BCUT2D eigenvalue weighted by Crippen LogP contribution is -2.00. The topological polar surface area (TPSA) is 58.6 Å². The van der Waals surface area contributed by atoms with Crippen LogP contribution in [0, 0.1) is 0 Å². The molecule has 6 rings (SSSR count). The van der Waals surface area contributed by atoms with Gasteiger partial charge in [0, 0.05) is 27.6 Å². The first-order chi connectivity index (χ1) is 16.3. The Balaban J connectivity index is 1.49. The molecule has 1 N–H and O–H groups in total. The Morgan fingerprint density at radius 3 is 2.18 bits per heavy atom. The number of H-pyrrole nitrogens is 1. The Hall–Kier alpha value is -4.57. The molecule has 0 saturated heterocycles. The van der Waals surface area contributed by atoms with E-state index in [1.165, 1.54) is 0 Å². The second kappa shape index (κ2) is 7.84. The third kappa shape index (κ3) is 3.48. The predicted octanol–water partition coefficient (Wildman–Crippen LogP) is 6.68. The minimum absolute atomic E-state index is 0.00521. The highest BCUT2D eigenvalue weighted by Crippen LogP contribution is 2.32. The van der Waals surface area contributed by atoms with Crippen LogP contribution in [-0.4, -0.2) is 20.7 Å². The van der Waals surface area contributed by atoms with E-state index in [0.29, 0.717) is 11.1 Å². The van der Waals surface area contributed by atoms with Crippen LogP contribution >= 0.6 is 0 Å². The normalized spacial score (nSPS) is 11.2. The van der Waals surface area contributed by atoms with Crippen molar-refractivity contribution in [3.05, 3.63) is 120 Å². The van der Waals surface area contributed by atoms with Gasteiger partial charge in [-0.2, -0.15) is 0 Å². The zero-order valence-electron chi connectivity index (χ0n) is 17.7. The number of pyridine rings is 1. The zero-order chi connectivity index (χ0) is 22.2. The van der Waals surface area contributed by atoms with E-state index < -0.39 is 0 Å². The molecular formula is C29H19N3O. The monoisotopic (exact) mass is 425 g/mol. The zero-order valence-corrected chi connectivity index (χ0v) is 17.7. The first kappa shape index (κ1) is 19.1. The lowest BCUT2D eigenvalue weighted by atomic mass is 10.0. The number of para-hydroxylation sites is 1. The third-order valence-electron chi connectivity index (χ3n) is 5.82. The molecule has 0 amide bonds. The van der Waals surface area contributed by atoms with Gasteiger partial charge in [-0.3, -0.25) is 4.79 Å². The molecule has 4 aromatic carbocycles. The Morgan fingerprint density at radius 1 is 0.636 bits per heavy atom. The average Bonchev–Trinajstić information content (AvgIpc) is 3.32. The molecule has 0 radical (unpaired) electrons. The molecule has 4 heteroatoms. The molecule has 2 heterocycles. The summed E-state index contributed by atoms with van der Waals surface area (Å²) in [5.74, 6) is 0.750. The van der Waals surface area contributed by atoms with Crippen molar-refractivity contribution in [1.29, 1.82) is 0 Å². The number of aromatic nitrogens is 3. The van der Waals surface area contributed by atoms with Gasteiger partial charge in [-0.25, -0.2) is 9.97 Å².